The number of hydrogen-bond acceptors (Lipinski definition) is 4. The minimum Gasteiger partial charge on any atom is -0.306 e. The highest BCUT2D eigenvalue weighted by Crippen LogP contribution is 2.50. The molecule has 0 radical (unpaired) electrons. The molecule has 0 N–H and O–H groups in total. The van der Waals surface area contributed by atoms with Crippen molar-refractivity contribution < 1.29 is 9.59 Å². The zero-order valence-corrected chi connectivity index (χ0v) is 27.6. The highest BCUT2D eigenvalue weighted by molar-refractivity contribution is 9.11. The van der Waals surface area contributed by atoms with Crippen molar-refractivity contribution in [1.29, 1.82) is 0 Å². The number of thiophene rings is 2. The van der Waals surface area contributed by atoms with Gasteiger partial charge in [0.1, 0.15) is 0 Å². The van der Waals surface area contributed by atoms with Gasteiger partial charge >= 0.3 is 0 Å². The van der Waals surface area contributed by atoms with Gasteiger partial charge in [-0.25, -0.2) is 0 Å². The first-order valence-corrected chi connectivity index (χ1v) is 17.2. The maximum atomic E-state index is 14.3. The fourth-order valence-corrected chi connectivity index (χ4v) is 8.38. The van der Waals surface area contributed by atoms with Crippen LogP contribution in [0.1, 0.15) is 88.8 Å². The maximum absolute atomic E-state index is 14.3. The Bertz CT molecular complexity index is 1130. The Labute approximate surface area is 252 Å². The van der Waals surface area contributed by atoms with E-state index in [9.17, 15) is 9.59 Å². The molecule has 2 aliphatic heterocycles. The summed E-state index contributed by atoms with van der Waals surface area (Å²) in [7, 11) is 0. The number of hydrogen-bond donors (Lipinski definition) is 0. The summed E-state index contributed by atoms with van der Waals surface area (Å²) in [5.41, 5.74) is 2.80. The molecule has 4 rings (SSSR count). The fraction of sp³-hybridized carbons (Fsp3) is 0.533. The largest absolute Gasteiger partial charge is 0.306 e. The predicted molar refractivity (Wildman–Crippen MR) is 168 cm³/mol. The number of fused-ring (bicyclic) bond motifs is 1. The van der Waals surface area contributed by atoms with Crippen molar-refractivity contribution in [3.05, 3.63) is 52.7 Å². The summed E-state index contributed by atoms with van der Waals surface area (Å²) in [6, 6.07) is 8.11. The molecule has 0 spiro atoms. The fourth-order valence-electron chi connectivity index (χ4n) is 5.49. The van der Waals surface area contributed by atoms with Crippen molar-refractivity contribution in [2.75, 3.05) is 13.1 Å². The summed E-state index contributed by atoms with van der Waals surface area (Å²) >= 11 is 10.4. The van der Waals surface area contributed by atoms with E-state index in [1.54, 1.807) is 22.7 Å². The minimum atomic E-state index is -0.0218. The number of halogens is 2. The Kier molecular flexibility index (Phi) is 10.5. The van der Waals surface area contributed by atoms with Crippen LogP contribution in [0.25, 0.3) is 11.4 Å². The number of carbonyl (C=O) groups excluding carboxylic acids is 2. The lowest BCUT2D eigenvalue weighted by Crippen LogP contribution is -2.34. The molecule has 8 heteroatoms. The third-order valence-corrected chi connectivity index (χ3v) is 11.0. The quantitative estimate of drug-likeness (QED) is 0.199. The molecule has 2 amide bonds. The molecule has 0 bridgehead atoms. The van der Waals surface area contributed by atoms with Gasteiger partial charge < -0.3 is 9.80 Å². The van der Waals surface area contributed by atoms with Crippen LogP contribution >= 0.6 is 54.5 Å². The lowest BCUT2D eigenvalue weighted by Gasteiger charge is -2.29. The third kappa shape index (κ3) is 6.08. The second kappa shape index (κ2) is 13.4. The summed E-state index contributed by atoms with van der Waals surface area (Å²) < 4.78 is 2.00. The highest BCUT2D eigenvalue weighted by atomic mass is 79.9. The molecule has 206 valence electrons. The minimum absolute atomic E-state index is 0.0218. The van der Waals surface area contributed by atoms with Crippen LogP contribution < -0.4 is 0 Å². The number of nitrogens with zero attached hydrogens (tertiary/aromatic N) is 2. The van der Waals surface area contributed by atoms with Crippen LogP contribution in [0.15, 0.2) is 43.0 Å². The van der Waals surface area contributed by atoms with E-state index in [-0.39, 0.29) is 11.8 Å². The standard InChI is InChI=1S/C30H38Br2N2O2S2/c1-5-9-11-19(7-3)17-33-27(21-13-15-23(31)37-21)25-26(29(33)35)28(22-14-16-24(32)38-22)34(30(25)36)18-20(8-4)12-10-6-2/h13-16,19-20H,5-12,17-18H2,1-4H3/t19-,20-/m1/s1. The summed E-state index contributed by atoms with van der Waals surface area (Å²) in [6.07, 6.45) is 8.79. The van der Waals surface area contributed by atoms with Crippen LogP contribution in [0.2, 0.25) is 0 Å². The molecular weight excluding hydrogens is 644 g/mol. The van der Waals surface area contributed by atoms with Gasteiger partial charge in [0, 0.05) is 13.1 Å². The Morgan fingerprint density at radius 3 is 1.37 bits per heavy atom. The van der Waals surface area contributed by atoms with Gasteiger partial charge in [-0.15, -0.1) is 22.7 Å². The summed E-state index contributed by atoms with van der Waals surface area (Å²) in [5, 5.41) is 0. The molecule has 0 aromatic carbocycles. The van der Waals surface area contributed by atoms with Crippen LogP contribution in [-0.2, 0) is 9.59 Å². The first-order valence-electron chi connectivity index (χ1n) is 14.0. The smallest absolute Gasteiger partial charge is 0.261 e. The van der Waals surface area contributed by atoms with E-state index in [2.05, 4.69) is 59.6 Å². The summed E-state index contributed by atoms with van der Waals surface area (Å²) in [4.78, 5) is 34.5. The van der Waals surface area contributed by atoms with Crippen LogP contribution in [0.5, 0.6) is 0 Å². The van der Waals surface area contributed by atoms with Crippen molar-refractivity contribution in [2.24, 2.45) is 11.8 Å². The van der Waals surface area contributed by atoms with Gasteiger partial charge in [0.15, 0.2) is 0 Å². The van der Waals surface area contributed by atoms with E-state index in [1.807, 2.05) is 34.1 Å². The molecule has 0 aliphatic carbocycles. The second-order valence-corrected chi connectivity index (χ2v) is 15.2. The van der Waals surface area contributed by atoms with Crippen molar-refractivity contribution in [3.8, 4) is 0 Å². The number of carbonyl (C=O) groups is 2. The normalized spacial score (nSPS) is 17.3. The first kappa shape index (κ1) is 29.8. The second-order valence-electron chi connectivity index (χ2n) is 10.3. The number of amides is 2. The van der Waals surface area contributed by atoms with Crippen molar-refractivity contribution in [1.82, 2.24) is 9.80 Å². The van der Waals surface area contributed by atoms with Crippen molar-refractivity contribution in [2.45, 2.75) is 79.1 Å². The average Bonchev–Trinajstić information content (AvgIpc) is 3.66. The maximum Gasteiger partial charge on any atom is 0.261 e. The van der Waals surface area contributed by atoms with E-state index >= 15 is 0 Å². The summed E-state index contributed by atoms with van der Waals surface area (Å²) in [5.74, 6) is 0.765. The molecule has 38 heavy (non-hydrogen) atoms. The van der Waals surface area contributed by atoms with Crippen molar-refractivity contribution >= 4 is 77.7 Å². The molecule has 4 nitrogen and oxygen atoms in total. The molecule has 2 aromatic heterocycles. The van der Waals surface area contributed by atoms with Crippen LogP contribution in [-0.4, -0.2) is 34.7 Å². The Morgan fingerprint density at radius 1 is 0.684 bits per heavy atom. The first-order chi connectivity index (χ1) is 18.3. The van der Waals surface area contributed by atoms with E-state index in [4.69, 9.17) is 0 Å². The van der Waals surface area contributed by atoms with Gasteiger partial charge in [-0.1, -0.05) is 66.2 Å². The molecular formula is C30H38Br2N2O2S2. The van der Waals surface area contributed by atoms with Crippen molar-refractivity contribution in [3.63, 3.8) is 0 Å². The van der Waals surface area contributed by atoms with Crippen LogP contribution in [0.4, 0.5) is 0 Å². The molecule has 0 unspecified atom stereocenters. The molecule has 0 fully saturated rings. The predicted octanol–water partition coefficient (Wildman–Crippen LogP) is 9.57. The van der Waals surface area contributed by atoms with Crippen LogP contribution in [0, 0.1) is 11.8 Å². The zero-order chi connectivity index (χ0) is 27.4. The Balaban J connectivity index is 1.86. The molecule has 2 aromatic rings. The van der Waals surface area contributed by atoms with Gasteiger partial charge in [-0.2, -0.15) is 0 Å². The summed E-state index contributed by atoms with van der Waals surface area (Å²) in [6.45, 7) is 10.1. The van der Waals surface area contributed by atoms with Gasteiger partial charge in [0.25, 0.3) is 11.8 Å². The Hall–Kier alpha value is -1.22. The van der Waals surface area contributed by atoms with Crippen LogP contribution in [0.3, 0.4) is 0 Å². The highest BCUT2D eigenvalue weighted by Gasteiger charge is 2.49. The molecule has 0 saturated carbocycles. The van der Waals surface area contributed by atoms with Gasteiger partial charge in [0.2, 0.25) is 0 Å². The SMILES string of the molecule is CCCC[C@@H](CC)CN1C(=O)C2=C(c3ccc(Br)s3)N(C[C@H](CC)CCCC)C(=O)C2=C1c1ccc(Br)s1. The molecule has 2 aliphatic rings. The zero-order valence-electron chi connectivity index (χ0n) is 22.8. The van der Waals surface area contributed by atoms with Gasteiger partial charge in [-0.05, 0) is 80.8 Å². The van der Waals surface area contributed by atoms with E-state index in [0.29, 0.717) is 36.1 Å². The Morgan fingerprint density at radius 2 is 1.08 bits per heavy atom. The molecule has 0 saturated heterocycles. The topological polar surface area (TPSA) is 40.6 Å². The average molecular weight is 683 g/mol. The number of unbranched alkanes of at least 4 members (excludes halogenated alkanes) is 2. The molecule has 4 heterocycles. The van der Waals surface area contributed by atoms with Gasteiger partial charge in [0.05, 0.1) is 39.9 Å². The van der Waals surface area contributed by atoms with Gasteiger partial charge in [-0.3, -0.25) is 9.59 Å². The van der Waals surface area contributed by atoms with E-state index < -0.39 is 0 Å². The van der Waals surface area contributed by atoms with E-state index in [0.717, 1.165) is 80.1 Å². The van der Waals surface area contributed by atoms with E-state index in [1.165, 1.54) is 0 Å². The monoisotopic (exact) mass is 680 g/mol. The number of rotatable bonds is 14. The lowest BCUT2D eigenvalue weighted by atomic mass is 9.98. The third-order valence-electron chi connectivity index (χ3n) is 7.76. The molecule has 2 atom stereocenters. The lowest BCUT2D eigenvalue weighted by molar-refractivity contribution is -0.124.